The lowest BCUT2D eigenvalue weighted by Gasteiger charge is -2.08. The minimum Gasteiger partial charge on any atom is -0.507 e. The number of fused-ring (bicyclic) bond motifs is 2. The monoisotopic (exact) mass is 240 g/mol. The molecule has 0 aromatic heterocycles. The van der Waals surface area contributed by atoms with E-state index in [9.17, 15) is 10.2 Å². The van der Waals surface area contributed by atoms with E-state index in [4.69, 9.17) is 11.5 Å². The van der Waals surface area contributed by atoms with Crippen molar-refractivity contribution in [3.05, 3.63) is 36.4 Å². The average Bonchev–Trinajstić information content (AvgIpc) is 2.27. The Bertz CT molecular complexity index is 714. The highest BCUT2D eigenvalue weighted by atomic mass is 16.3. The van der Waals surface area contributed by atoms with E-state index in [-0.39, 0.29) is 11.5 Å². The highest BCUT2D eigenvalue weighted by Gasteiger charge is 2.07. The first-order chi connectivity index (χ1) is 8.54. The van der Waals surface area contributed by atoms with E-state index < -0.39 is 0 Å². The Morgan fingerprint density at radius 3 is 1.39 bits per heavy atom. The van der Waals surface area contributed by atoms with Crippen LogP contribution in [0.3, 0.4) is 0 Å². The second-order valence-electron chi connectivity index (χ2n) is 4.37. The maximum Gasteiger partial charge on any atom is 0.125 e. The van der Waals surface area contributed by atoms with E-state index in [1.807, 2.05) is 0 Å². The largest absolute Gasteiger partial charge is 0.507 e. The van der Waals surface area contributed by atoms with Crippen LogP contribution in [0.15, 0.2) is 36.4 Å². The fraction of sp³-hybridized carbons (Fsp3) is 0. The van der Waals surface area contributed by atoms with E-state index in [1.54, 1.807) is 24.3 Å². The summed E-state index contributed by atoms with van der Waals surface area (Å²) in [5.41, 5.74) is 12.3. The lowest BCUT2D eigenvalue weighted by atomic mass is 10.0. The minimum atomic E-state index is 0.119. The molecule has 0 radical (unpaired) electrons. The van der Waals surface area contributed by atoms with Crippen LogP contribution in [0.4, 0.5) is 11.4 Å². The molecule has 0 bridgehead atoms. The van der Waals surface area contributed by atoms with Crippen molar-refractivity contribution >= 4 is 32.9 Å². The minimum absolute atomic E-state index is 0.119. The van der Waals surface area contributed by atoms with Gasteiger partial charge in [-0.25, -0.2) is 0 Å². The summed E-state index contributed by atoms with van der Waals surface area (Å²) in [5.74, 6) is 0.239. The van der Waals surface area contributed by atoms with Gasteiger partial charge in [-0.15, -0.1) is 0 Å². The molecular formula is C14H12N2O2. The number of hydrogen-bond donors (Lipinski definition) is 4. The number of hydrogen-bond acceptors (Lipinski definition) is 4. The van der Waals surface area contributed by atoms with E-state index in [1.165, 1.54) is 12.1 Å². The summed E-state index contributed by atoms with van der Waals surface area (Å²) in [7, 11) is 0. The second kappa shape index (κ2) is 3.43. The van der Waals surface area contributed by atoms with Crippen LogP contribution in [0.5, 0.6) is 11.5 Å². The Hall–Kier alpha value is -2.62. The quantitative estimate of drug-likeness (QED) is 0.359. The van der Waals surface area contributed by atoms with Crippen molar-refractivity contribution in [3.63, 3.8) is 0 Å². The first-order valence-electron chi connectivity index (χ1n) is 5.49. The molecule has 3 aromatic rings. The van der Waals surface area contributed by atoms with Crippen molar-refractivity contribution in [2.45, 2.75) is 0 Å². The van der Waals surface area contributed by atoms with Crippen molar-refractivity contribution in [2.75, 3.05) is 11.5 Å². The molecule has 0 aliphatic heterocycles. The fourth-order valence-corrected chi connectivity index (χ4v) is 2.23. The molecule has 0 fully saturated rings. The van der Waals surface area contributed by atoms with Gasteiger partial charge < -0.3 is 21.7 Å². The van der Waals surface area contributed by atoms with Gasteiger partial charge >= 0.3 is 0 Å². The number of nitrogens with two attached hydrogens (primary N) is 2. The summed E-state index contributed by atoms with van der Waals surface area (Å²) in [4.78, 5) is 0. The molecule has 0 spiro atoms. The standard InChI is InChI=1S/C14H12N2O2/c15-9-1-7-3-12-8(2-10(16)6-14(12)18)4-11(7)13(17)5-9/h1-6,17-18H,15-16H2. The molecule has 0 aliphatic carbocycles. The third-order valence-electron chi connectivity index (χ3n) is 3.02. The fourth-order valence-electron chi connectivity index (χ4n) is 2.23. The Morgan fingerprint density at radius 1 is 0.611 bits per heavy atom. The van der Waals surface area contributed by atoms with Gasteiger partial charge in [0.2, 0.25) is 0 Å². The van der Waals surface area contributed by atoms with Crippen LogP contribution in [-0.4, -0.2) is 10.2 Å². The Labute approximate surface area is 103 Å². The molecule has 0 saturated carbocycles. The summed E-state index contributed by atoms with van der Waals surface area (Å²) in [6, 6.07) is 10.1. The zero-order chi connectivity index (χ0) is 12.9. The van der Waals surface area contributed by atoms with Crippen molar-refractivity contribution in [1.29, 1.82) is 0 Å². The molecule has 0 heterocycles. The maximum absolute atomic E-state index is 9.88. The molecule has 0 unspecified atom stereocenters. The number of anilines is 2. The van der Waals surface area contributed by atoms with Crippen LogP contribution < -0.4 is 11.5 Å². The topological polar surface area (TPSA) is 92.5 Å². The highest BCUT2D eigenvalue weighted by Crippen LogP contribution is 2.35. The summed E-state index contributed by atoms with van der Waals surface area (Å²) >= 11 is 0. The van der Waals surface area contributed by atoms with Gasteiger partial charge in [-0.3, -0.25) is 0 Å². The maximum atomic E-state index is 9.88. The van der Waals surface area contributed by atoms with Crippen LogP contribution in [0, 0.1) is 0 Å². The van der Waals surface area contributed by atoms with Crippen molar-refractivity contribution in [3.8, 4) is 11.5 Å². The molecule has 4 heteroatoms. The number of aromatic hydroxyl groups is 2. The van der Waals surface area contributed by atoms with Gasteiger partial charge in [-0.05, 0) is 35.0 Å². The lowest BCUT2D eigenvalue weighted by Crippen LogP contribution is -1.87. The van der Waals surface area contributed by atoms with Crippen molar-refractivity contribution < 1.29 is 10.2 Å². The molecule has 0 atom stereocenters. The van der Waals surface area contributed by atoms with Gasteiger partial charge in [0.1, 0.15) is 11.5 Å². The van der Waals surface area contributed by atoms with Crippen LogP contribution in [0.25, 0.3) is 21.5 Å². The SMILES string of the molecule is Nc1cc(O)c2cc3cc(N)cc(O)c3cc2c1. The molecule has 3 rings (SSSR count). The van der Waals surface area contributed by atoms with Gasteiger partial charge in [0.15, 0.2) is 0 Å². The number of phenols is 2. The summed E-state index contributed by atoms with van der Waals surface area (Å²) < 4.78 is 0. The van der Waals surface area contributed by atoms with Gasteiger partial charge in [0, 0.05) is 34.3 Å². The van der Waals surface area contributed by atoms with Crippen molar-refractivity contribution in [1.82, 2.24) is 0 Å². The molecule has 3 aromatic carbocycles. The van der Waals surface area contributed by atoms with E-state index in [0.717, 1.165) is 10.8 Å². The first-order valence-corrected chi connectivity index (χ1v) is 5.49. The second-order valence-corrected chi connectivity index (χ2v) is 4.37. The van der Waals surface area contributed by atoms with Crippen LogP contribution >= 0.6 is 0 Å². The highest BCUT2D eigenvalue weighted by molar-refractivity contribution is 6.04. The van der Waals surface area contributed by atoms with E-state index in [0.29, 0.717) is 22.1 Å². The molecule has 90 valence electrons. The van der Waals surface area contributed by atoms with E-state index in [2.05, 4.69) is 0 Å². The van der Waals surface area contributed by atoms with Crippen molar-refractivity contribution in [2.24, 2.45) is 0 Å². The molecule has 6 N–H and O–H groups in total. The average molecular weight is 240 g/mol. The van der Waals surface area contributed by atoms with Crippen LogP contribution in [0.1, 0.15) is 0 Å². The predicted molar refractivity (Wildman–Crippen MR) is 73.6 cm³/mol. The summed E-state index contributed by atoms with van der Waals surface area (Å²) in [6.45, 7) is 0. The Balaban J connectivity index is 2.51. The third kappa shape index (κ3) is 1.47. The Morgan fingerprint density at radius 2 is 1.00 bits per heavy atom. The number of benzene rings is 3. The van der Waals surface area contributed by atoms with Gasteiger partial charge in [-0.1, -0.05) is 0 Å². The summed E-state index contributed by atoms with van der Waals surface area (Å²) in [6.07, 6.45) is 0. The first kappa shape index (κ1) is 10.5. The third-order valence-corrected chi connectivity index (χ3v) is 3.02. The normalized spacial score (nSPS) is 11.1. The Kier molecular flexibility index (Phi) is 2.01. The lowest BCUT2D eigenvalue weighted by molar-refractivity contribution is 0.480. The van der Waals surface area contributed by atoms with Gasteiger partial charge in [0.25, 0.3) is 0 Å². The predicted octanol–water partition coefficient (Wildman–Crippen LogP) is 2.57. The smallest absolute Gasteiger partial charge is 0.125 e. The van der Waals surface area contributed by atoms with Gasteiger partial charge in [0.05, 0.1) is 0 Å². The number of nitrogen functional groups attached to an aromatic ring is 2. The van der Waals surface area contributed by atoms with Crippen LogP contribution in [0.2, 0.25) is 0 Å². The molecule has 0 amide bonds. The molecule has 0 saturated heterocycles. The zero-order valence-corrected chi connectivity index (χ0v) is 9.51. The molecule has 4 nitrogen and oxygen atoms in total. The molecular weight excluding hydrogens is 228 g/mol. The van der Waals surface area contributed by atoms with E-state index >= 15 is 0 Å². The van der Waals surface area contributed by atoms with Crippen LogP contribution in [-0.2, 0) is 0 Å². The number of rotatable bonds is 0. The molecule has 0 aliphatic rings. The number of phenolic OH excluding ortho intramolecular Hbond substituents is 2. The zero-order valence-electron chi connectivity index (χ0n) is 9.51. The van der Waals surface area contributed by atoms with Gasteiger partial charge in [-0.2, -0.15) is 0 Å². The molecule has 18 heavy (non-hydrogen) atoms. The summed E-state index contributed by atoms with van der Waals surface area (Å²) in [5, 5.41) is 22.7.